The molecule has 16 heavy (non-hydrogen) atoms. The third kappa shape index (κ3) is 1.66. The number of H-pyrrole nitrogens is 1. The number of hydrogen-bond acceptors (Lipinski definition) is 4. The van der Waals surface area contributed by atoms with Crippen molar-refractivity contribution in [1.29, 1.82) is 0 Å². The number of fused-ring (bicyclic) bond motifs is 1. The van der Waals surface area contributed by atoms with Crippen LogP contribution < -0.4 is 16.2 Å². The van der Waals surface area contributed by atoms with Gasteiger partial charge in [0.25, 0.3) is 5.56 Å². The molecule has 3 rings (SSSR count). The standard InChI is InChI=1S/C11H16N4O/c16-11-8-6-13-4-2-9(8)14-10(15-11)7-1-3-12-5-7/h7,12-13H,1-6H2,(H,14,15,16). The van der Waals surface area contributed by atoms with Crippen LogP contribution in [0.4, 0.5) is 0 Å². The Kier molecular flexibility index (Phi) is 2.49. The van der Waals surface area contributed by atoms with Crippen LogP contribution in [0.3, 0.4) is 0 Å². The Bertz CT molecular complexity index is 448. The lowest BCUT2D eigenvalue weighted by molar-refractivity contribution is 0.600. The molecule has 0 aliphatic carbocycles. The SMILES string of the molecule is O=c1[nH]c(C2CCNC2)nc2c1CNCC2. The second kappa shape index (κ2) is 3.99. The summed E-state index contributed by atoms with van der Waals surface area (Å²) >= 11 is 0. The van der Waals surface area contributed by atoms with Crippen LogP contribution in [0, 0.1) is 0 Å². The van der Waals surface area contributed by atoms with Crippen molar-refractivity contribution in [2.75, 3.05) is 19.6 Å². The number of nitrogens with zero attached hydrogens (tertiary/aromatic N) is 1. The maximum Gasteiger partial charge on any atom is 0.255 e. The zero-order valence-corrected chi connectivity index (χ0v) is 9.18. The predicted octanol–water partition coefficient (Wildman–Crippen LogP) is -0.507. The molecular formula is C11H16N4O. The first-order valence-electron chi connectivity index (χ1n) is 5.88. The normalized spacial score (nSPS) is 24.4. The van der Waals surface area contributed by atoms with Gasteiger partial charge in [-0.05, 0) is 13.0 Å². The molecule has 1 fully saturated rings. The Balaban J connectivity index is 2.01. The van der Waals surface area contributed by atoms with E-state index in [-0.39, 0.29) is 5.56 Å². The highest BCUT2D eigenvalue weighted by atomic mass is 16.1. The van der Waals surface area contributed by atoms with Crippen LogP contribution in [0.15, 0.2) is 4.79 Å². The highest BCUT2D eigenvalue weighted by Crippen LogP contribution is 2.19. The lowest BCUT2D eigenvalue weighted by atomic mass is 10.1. The molecule has 0 spiro atoms. The largest absolute Gasteiger partial charge is 0.316 e. The minimum absolute atomic E-state index is 0.0408. The first kappa shape index (κ1) is 9.99. The van der Waals surface area contributed by atoms with E-state index in [1.165, 1.54) is 0 Å². The monoisotopic (exact) mass is 220 g/mol. The van der Waals surface area contributed by atoms with E-state index in [9.17, 15) is 4.79 Å². The van der Waals surface area contributed by atoms with Gasteiger partial charge in [0.05, 0.1) is 11.3 Å². The van der Waals surface area contributed by atoms with E-state index in [2.05, 4.69) is 20.6 Å². The highest BCUT2D eigenvalue weighted by Gasteiger charge is 2.22. The molecule has 3 N–H and O–H groups in total. The first-order chi connectivity index (χ1) is 7.84. The van der Waals surface area contributed by atoms with Gasteiger partial charge in [-0.2, -0.15) is 0 Å². The van der Waals surface area contributed by atoms with Crippen molar-refractivity contribution in [2.24, 2.45) is 0 Å². The molecule has 3 heterocycles. The smallest absolute Gasteiger partial charge is 0.255 e. The molecule has 86 valence electrons. The lowest BCUT2D eigenvalue weighted by Crippen LogP contribution is -2.32. The van der Waals surface area contributed by atoms with Gasteiger partial charge in [0.2, 0.25) is 0 Å². The molecule has 0 amide bonds. The molecule has 1 saturated heterocycles. The highest BCUT2D eigenvalue weighted by molar-refractivity contribution is 5.21. The van der Waals surface area contributed by atoms with Gasteiger partial charge in [-0.15, -0.1) is 0 Å². The summed E-state index contributed by atoms with van der Waals surface area (Å²) in [7, 11) is 0. The van der Waals surface area contributed by atoms with Crippen LogP contribution in [-0.4, -0.2) is 29.6 Å². The van der Waals surface area contributed by atoms with Crippen LogP contribution >= 0.6 is 0 Å². The quantitative estimate of drug-likeness (QED) is 0.596. The van der Waals surface area contributed by atoms with Crippen molar-refractivity contribution in [1.82, 2.24) is 20.6 Å². The van der Waals surface area contributed by atoms with Gasteiger partial charge in [0, 0.05) is 32.0 Å². The number of nitrogens with one attached hydrogen (secondary N) is 3. The second-order valence-electron chi connectivity index (χ2n) is 4.49. The maximum atomic E-state index is 11.9. The number of hydrogen-bond donors (Lipinski definition) is 3. The topological polar surface area (TPSA) is 69.8 Å². The molecule has 0 bridgehead atoms. The van der Waals surface area contributed by atoms with E-state index < -0.39 is 0 Å². The van der Waals surface area contributed by atoms with Crippen LogP contribution in [-0.2, 0) is 13.0 Å². The van der Waals surface area contributed by atoms with Gasteiger partial charge in [-0.1, -0.05) is 0 Å². The van der Waals surface area contributed by atoms with Crippen LogP contribution in [0.5, 0.6) is 0 Å². The van der Waals surface area contributed by atoms with Crippen molar-refractivity contribution < 1.29 is 0 Å². The van der Waals surface area contributed by atoms with Crippen molar-refractivity contribution >= 4 is 0 Å². The van der Waals surface area contributed by atoms with E-state index in [1.54, 1.807) is 0 Å². The third-order valence-corrected chi connectivity index (χ3v) is 3.41. The Hall–Kier alpha value is -1.20. The summed E-state index contributed by atoms with van der Waals surface area (Å²) < 4.78 is 0. The lowest BCUT2D eigenvalue weighted by Gasteiger charge is -2.17. The number of aromatic amines is 1. The molecule has 1 unspecified atom stereocenters. The number of rotatable bonds is 1. The Morgan fingerprint density at radius 1 is 1.25 bits per heavy atom. The summed E-state index contributed by atoms with van der Waals surface area (Å²) in [6.45, 7) is 3.53. The van der Waals surface area contributed by atoms with Gasteiger partial charge >= 0.3 is 0 Å². The van der Waals surface area contributed by atoms with E-state index in [0.29, 0.717) is 12.5 Å². The zero-order valence-electron chi connectivity index (χ0n) is 9.18. The van der Waals surface area contributed by atoms with Gasteiger partial charge in [-0.3, -0.25) is 4.79 Å². The molecular weight excluding hydrogens is 204 g/mol. The Morgan fingerprint density at radius 2 is 2.19 bits per heavy atom. The summed E-state index contributed by atoms with van der Waals surface area (Å²) in [6.07, 6.45) is 1.94. The Labute approximate surface area is 93.7 Å². The molecule has 5 heteroatoms. The van der Waals surface area contributed by atoms with Gasteiger partial charge in [-0.25, -0.2) is 4.98 Å². The molecule has 2 aliphatic rings. The molecule has 0 radical (unpaired) electrons. The Morgan fingerprint density at radius 3 is 3.00 bits per heavy atom. The van der Waals surface area contributed by atoms with Gasteiger partial charge in [0.15, 0.2) is 0 Å². The molecule has 1 aromatic heterocycles. The van der Waals surface area contributed by atoms with Gasteiger partial charge in [0.1, 0.15) is 5.82 Å². The third-order valence-electron chi connectivity index (χ3n) is 3.41. The van der Waals surface area contributed by atoms with Crippen molar-refractivity contribution in [2.45, 2.75) is 25.3 Å². The van der Waals surface area contributed by atoms with Crippen LogP contribution in [0.2, 0.25) is 0 Å². The summed E-state index contributed by atoms with van der Waals surface area (Å²) in [4.78, 5) is 19.4. The van der Waals surface area contributed by atoms with E-state index in [0.717, 1.165) is 49.6 Å². The van der Waals surface area contributed by atoms with Crippen molar-refractivity contribution in [3.63, 3.8) is 0 Å². The van der Waals surface area contributed by atoms with Crippen LogP contribution in [0.25, 0.3) is 0 Å². The van der Waals surface area contributed by atoms with E-state index in [1.807, 2.05) is 0 Å². The van der Waals surface area contributed by atoms with E-state index in [4.69, 9.17) is 0 Å². The van der Waals surface area contributed by atoms with E-state index >= 15 is 0 Å². The summed E-state index contributed by atoms with van der Waals surface area (Å²) in [5.74, 6) is 1.25. The van der Waals surface area contributed by atoms with Crippen LogP contribution in [0.1, 0.15) is 29.4 Å². The average molecular weight is 220 g/mol. The predicted molar refractivity (Wildman–Crippen MR) is 60.5 cm³/mol. The maximum absolute atomic E-state index is 11.9. The van der Waals surface area contributed by atoms with Gasteiger partial charge < -0.3 is 15.6 Å². The fourth-order valence-corrected chi connectivity index (χ4v) is 2.45. The summed E-state index contributed by atoms with van der Waals surface area (Å²) in [5, 5.41) is 6.49. The minimum atomic E-state index is 0.0408. The van der Waals surface area contributed by atoms with Crippen molar-refractivity contribution in [3.8, 4) is 0 Å². The molecule has 0 saturated carbocycles. The fraction of sp³-hybridized carbons (Fsp3) is 0.636. The number of aromatic nitrogens is 2. The first-order valence-corrected chi connectivity index (χ1v) is 5.88. The molecule has 1 atom stereocenters. The zero-order chi connectivity index (χ0) is 11.0. The molecule has 5 nitrogen and oxygen atoms in total. The summed E-state index contributed by atoms with van der Waals surface area (Å²) in [6, 6.07) is 0. The molecule has 1 aromatic rings. The fourth-order valence-electron chi connectivity index (χ4n) is 2.45. The summed E-state index contributed by atoms with van der Waals surface area (Å²) in [5.41, 5.74) is 1.85. The minimum Gasteiger partial charge on any atom is -0.316 e. The molecule has 2 aliphatic heterocycles. The molecule has 0 aromatic carbocycles. The van der Waals surface area contributed by atoms with Crippen molar-refractivity contribution in [3.05, 3.63) is 27.4 Å². The average Bonchev–Trinajstić information content (AvgIpc) is 2.82. The second-order valence-corrected chi connectivity index (χ2v) is 4.49.